The van der Waals surface area contributed by atoms with Crippen LogP contribution in [0.1, 0.15) is 124 Å². The lowest BCUT2D eigenvalue weighted by atomic mass is 10.0. The van der Waals surface area contributed by atoms with Gasteiger partial charge in [-0.1, -0.05) is 97.3 Å². The van der Waals surface area contributed by atoms with Crippen molar-refractivity contribution in [1.82, 2.24) is 5.32 Å². The average Bonchev–Trinajstić information content (AvgIpc) is 2.69. The zero-order valence-corrected chi connectivity index (χ0v) is 20.3. The predicted molar refractivity (Wildman–Crippen MR) is 125 cm³/mol. The van der Waals surface area contributed by atoms with E-state index in [1.54, 1.807) is 0 Å². The van der Waals surface area contributed by atoms with Crippen molar-refractivity contribution >= 4 is 17.8 Å². The molecule has 0 bridgehead atoms. The van der Waals surface area contributed by atoms with Crippen LogP contribution in [-0.4, -0.2) is 35.6 Å². The fourth-order valence-electron chi connectivity index (χ4n) is 3.63. The maximum absolute atomic E-state index is 12.0. The topological polar surface area (TPSA) is 92.7 Å². The van der Waals surface area contributed by atoms with Crippen LogP contribution in [0.25, 0.3) is 0 Å². The predicted octanol–water partition coefficient (Wildman–Crippen LogP) is 6.02. The van der Waals surface area contributed by atoms with Crippen LogP contribution in [0.15, 0.2) is 0 Å². The minimum atomic E-state index is -1.000. The Morgan fingerprint density at radius 3 is 1.61 bits per heavy atom. The summed E-state index contributed by atoms with van der Waals surface area (Å²) in [6.45, 7) is 6.22. The molecular formula is C25H47NO5. The Hall–Kier alpha value is -1.59. The number of carboxylic acid groups (broad SMARTS) is 1. The number of rotatable bonds is 21. The van der Waals surface area contributed by atoms with Gasteiger partial charge in [-0.25, -0.2) is 4.79 Å². The van der Waals surface area contributed by atoms with Gasteiger partial charge in [-0.15, -0.1) is 0 Å². The van der Waals surface area contributed by atoms with Crippen LogP contribution in [0.5, 0.6) is 0 Å². The number of carboxylic acids is 1. The SMILES string of the molecule is CC(=O)N[C@@H](CCC(=O)O)C(=O)OCCCCCCCCCCCCCCCC(C)C. The molecular weight excluding hydrogens is 394 g/mol. The highest BCUT2D eigenvalue weighted by Gasteiger charge is 2.21. The molecule has 0 saturated carbocycles. The first-order valence-electron chi connectivity index (χ1n) is 12.5. The highest BCUT2D eigenvalue weighted by Crippen LogP contribution is 2.14. The van der Waals surface area contributed by atoms with Crippen molar-refractivity contribution in [2.75, 3.05) is 6.61 Å². The van der Waals surface area contributed by atoms with Crippen LogP contribution in [0.3, 0.4) is 0 Å². The summed E-state index contributed by atoms with van der Waals surface area (Å²) in [7, 11) is 0. The zero-order valence-electron chi connectivity index (χ0n) is 20.3. The van der Waals surface area contributed by atoms with Crippen molar-refractivity contribution in [2.24, 2.45) is 5.92 Å². The third kappa shape index (κ3) is 21.4. The van der Waals surface area contributed by atoms with Gasteiger partial charge in [0.1, 0.15) is 6.04 Å². The number of carbonyl (C=O) groups is 3. The minimum Gasteiger partial charge on any atom is -0.481 e. The van der Waals surface area contributed by atoms with Gasteiger partial charge in [0.2, 0.25) is 5.91 Å². The number of esters is 1. The smallest absolute Gasteiger partial charge is 0.328 e. The van der Waals surface area contributed by atoms with E-state index in [0.717, 1.165) is 25.2 Å². The molecule has 1 amide bonds. The van der Waals surface area contributed by atoms with Gasteiger partial charge in [0.05, 0.1) is 6.61 Å². The summed E-state index contributed by atoms with van der Waals surface area (Å²) in [5.74, 6) is -1.07. The summed E-state index contributed by atoms with van der Waals surface area (Å²) in [5.41, 5.74) is 0. The molecule has 182 valence electrons. The maximum Gasteiger partial charge on any atom is 0.328 e. The van der Waals surface area contributed by atoms with E-state index in [0.29, 0.717) is 6.61 Å². The quantitative estimate of drug-likeness (QED) is 0.168. The Kier molecular flexibility index (Phi) is 19.3. The van der Waals surface area contributed by atoms with Crippen molar-refractivity contribution in [2.45, 2.75) is 130 Å². The Morgan fingerprint density at radius 1 is 0.742 bits per heavy atom. The molecule has 0 fully saturated rings. The van der Waals surface area contributed by atoms with Gasteiger partial charge in [0, 0.05) is 13.3 Å². The molecule has 0 radical (unpaired) electrons. The van der Waals surface area contributed by atoms with Crippen molar-refractivity contribution < 1.29 is 24.2 Å². The molecule has 0 aliphatic carbocycles. The Labute approximate surface area is 189 Å². The summed E-state index contributed by atoms with van der Waals surface area (Å²) >= 11 is 0. The highest BCUT2D eigenvalue weighted by atomic mass is 16.5. The fraction of sp³-hybridized carbons (Fsp3) is 0.880. The lowest BCUT2D eigenvalue weighted by Gasteiger charge is -2.15. The molecule has 0 spiro atoms. The van der Waals surface area contributed by atoms with Crippen molar-refractivity contribution in [3.05, 3.63) is 0 Å². The largest absolute Gasteiger partial charge is 0.481 e. The molecule has 31 heavy (non-hydrogen) atoms. The number of hydrogen-bond acceptors (Lipinski definition) is 4. The van der Waals surface area contributed by atoms with E-state index < -0.39 is 18.0 Å². The first kappa shape index (κ1) is 29.4. The maximum atomic E-state index is 12.0. The number of carbonyl (C=O) groups excluding carboxylic acids is 2. The number of nitrogens with one attached hydrogen (secondary N) is 1. The normalized spacial score (nSPS) is 12.0. The molecule has 6 nitrogen and oxygen atoms in total. The van der Waals surface area contributed by atoms with Gasteiger partial charge < -0.3 is 15.2 Å². The van der Waals surface area contributed by atoms with Crippen LogP contribution in [0, 0.1) is 5.92 Å². The molecule has 2 N–H and O–H groups in total. The van der Waals surface area contributed by atoms with E-state index in [1.807, 2.05) is 0 Å². The fourth-order valence-corrected chi connectivity index (χ4v) is 3.63. The number of hydrogen-bond donors (Lipinski definition) is 2. The van der Waals surface area contributed by atoms with Crippen LogP contribution >= 0.6 is 0 Å². The van der Waals surface area contributed by atoms with E-state index in [-0.39, 0.29) is 18.7 Å². The second-order valence-corrected chi connectivity index (χ2v) is 9.13. The van der Waals surface area contributed by atoms with Gasteiger partial charge in [-0.05, 0) is 18.8 Å². The second-order valence-electron chi connectivity index (χ2n) is 9.13. The summed E-state index contributed by atoms with van der Waals surface area (Å²) in [4.78, 5) is 33.9. The van der Waals surface area contributed by atoms with Crippen molar-refractivity contribution in [3.8, 4) is 0 Å². The monoisotopic (exact) mass is 441 g/mol. The van der Waals surface area contributed by atoms with Crippen LogP contribution in [0.4, 0.5) is 0 Å². The Morgan fingerprint density at radius 2 is 1.19 bits per heavy atom. The third-order valence-electron chi connectivity index (χ3n) is 5.48. The number of aliphatic carboxylic acids is 1. The molecule has 6 heteroatoms. The first-order valence-corrected chi connectivity index (χ1v) is 12.5. The molecule has 0 aromatic heterocycles. The minimum absolute atomic E-state index is 0.0475. The number of unbranched alkanes of at least 4 members (excludes halogenated alkanes) is 12. The van der Waals surface area contributed by atoms with Gasteiger partial charge in [-0.2, -0.15) is 0 Å². The number of ether oxygens (including phenoxy) is 1. The average molecular weight is 442 g/mol. The van der Waals surface area contributed by atoms with E-state index in [2.05, 4.69) is 19.2 Å². The first-order chi connectivity index (χ1) is 14.8. The molecule has 1 atom stereocenters. The van der Waals surface area contributed by atoms with Crippen LogP contribution < -0.4 is 5.32 Å². The van der Waals surface area contributed by atoms with Gasteiger partial charge in [0.15, 0.2) is 0 Å². The molecule has 0 aliphatic rings. The Balaban J connectivity index is 3.50. The third-order valence-corrected chi connectivity index (χ3v) is 5.48. The van der Waals surface area contributed by atoms with Crippen molar-refractivity contribution in [1.29, 1.82) is 0 Å². The molecule has 0 aliphatic heterocycles. The summed E-state index contributed by atoms with van der Waals surface area (Å²) in [6.07, 6.45) is 17.6. The molecule has 0 unspecified atom stereocenters. The highest BCUT2D eigenvalue weighted by molar-refractivity contribution is 5.83. The standard InChI is InChI=1S/C25H47NO5/c1-21(2)17-15-13-11-9-7-5-4-6-8-10-12-14-16-20-31-25(30)23(26-22(3)27)18-19-24(28)29/h21,23H,4-20H2,1-3H3,(H,26,27)(H,28,29)/t23-/m0/s1. The molecule has 0 aromatic carbocycles. The lowest BCUT2D eigenvalue weighted by Crippen LogP contribution is -2.41. The van der Waals surface area contributed by atoms with Gasteiger partial charge >= 0.3 is 11.9 Å². The summed E-state index contributed by atoms with van der Waals surface area (Å²) in [6, 6.07) is -0.881. The van der Waals surface area contributed by atoms with E-state index in [4.69, 9.17) is 9.84 Å². The second kappa shape index (κ2) is 20.3. The molecule has 0 heterocycles. The zero-order chi connectivity index (χ0) is 23.3. The van der Waals surface area contributed by atoms with Crippen molar-refractivity contribution in [3.63, 3.8) is 0 Å². The number of amides is 1. The van der Waals surface area contributed by atoms with Crippen LogP contribution in [-0.2, 0) is 19.1 Å². The van der Waals surface area contributed by atoms with E-state index >= 15 is 0 Å². The Bertz CT molecular complexity index is 479. The van der Waals surface area contributed by atoms with Gasteiger partial charge in [-0.3, -0.25) is 9.59 Å². The summed E-state index contributed by atoms with van der Waals surface area (Å²) in [5, 5.41) is 11.2. The van der Waals surface area contributed by atoms with E-state index in [9.17, 15) is 14.4 Å². The molecule has 0 saturated heterocycles. The molecule has 0 aromatic rings. The van der Waals surface area contributed by atoms with Gasteiger partial charge in [0.25, 0.3) is 0 Å². The van der Waals surface area contributed by atoms with Crippen LogP contribution in [0.2, 0.25) is 0 Å². The van der Waals surface area contributed by atoms with E-state index in [1.165, 1.54) is 77.6 Å². The molecule has 0 rings (SSSR count). The summed E-state index contributed by atoms with van der Waals surface area (Å²) < 4.78 is 5.21. The lowest BCUT2D eigenvalue weighted by molar-refractivity contribution is -0.148.